The summed E-state index contributed by atoms with van der Waals surface area (Å²) < 4.78 is 0. The van der Waals surface area contributed by atoms with Crippen molar-refractivity contribution in [3.8, 4) is 16.9 Å². The number of benzene rings is 2. The fourth-order valence-corrected chi connectivity index (χ4v) is 1.92. The molecule has 0 N–H and O–H groups in total. The van der Waals surface area contributed by atoms with E-state index in [-0.39, 0.29) is 0 Å². The van der Waals surface area contributed by atoms with Crippen molar-refractivity contribution in [2.75, 3.05) is 0 Å². The van der Waals surface area contributed by atoms with E-state index in [1.165, 1.54) is 16.6 Å². The molecular weight excluding hydrogens is 238 g/mol. The van der Waals surface area contributed by atoms with Crippen LogP contribution in [0, 0.1) is 12.1 Å². The molecule has 0 aliphatic carbocycles. The predicted molar refractivity (Wildman–Crippen MR) is 72.7 cm³/mol. The zero-order chi connectivity index (χ0) is 13.2. The number of aryl methyl sites for hydroxylation is 1. The quantitative estimate of drug-likeness (QED) is 0.519. The molecule has 94 valence electrons. The summed E-state index contributed by atoms with van der Waals surface area (Å²) in [5, 5.41) is 16.2. The number of hydrogen-bond donors (Lipinski definition) is 0. The van der Waals surface area contributed by atoms with Gasteiger partial charge in [-0.1, -0.05) is 48.0 Å². The second kappa shape index (κ2) is 4.57. The van der Waals surface area contributed by atoms with Crippen LogP contribution < -0.4 is 4.85 Å². The van der Waals surface area contributed by atoms with E-state index in [0.29, 0.717) is 5.69 Å². The lowest BCUT2D eigenvalue weighted by Gasteiger charge is -2.00. The van der Waals surface area contributed by atoms with Crippen LogP contribution in [-0.4, -0.2) is 9.90 Å². The summed E-state index contributed by atoms with van der Waals surface area (Å²) in [4.78, 5) is 2.08. The number of aromatic nitrogens is 3. The fourth-order valence-electron chi connectivity index (χ4n) is 1.92. The van der Waals surface area contributed by atoms with Gasteiger partial charge in [-0.2, -0.15) is 4.85 Å². The zero-order valence-electron chi connectivity index (χ0n) is 10.5. The van der Waals surface area contributed by atoms with E-state index in [0.717, 1.165) is 16.1 Å². The highest BCUT2D eigenvalue weighted by Crippen LogP contribution is 2.16. The summed E-state index contributed by atoms with van der Waals surface area (Å²) in [6.45, 7) is 2.03. The molecule has 3 rings (SSSR count). The Kier molecular flexibility index (Phi) is 2.76. The summed E-state index contributed by atoms with van der Waals surface area (Å²) in [6, 6.07) is 17.3. The Hall–Kier alpha value is -2.62. The second-order valence-electron chi connectivity index (χ2n) is 4.41. The Morgan fingerprint density at radius 2 is 1.68 bits per heavy atom. The molecular formula is C15H13N3O. The largest absolute Gasteiger partial charge is 0.692 e. The Morgan fingerprint density at radius 3 is 2.37 bits per heavy atom. The molecule has 0 saturated heterocycles. The molecule has 0 atom stereocenters. The van der Waals surface area contributed by atoms with Crippen LogP contribution >= 0.6 is 0 Å². The number of nitrogens with zero attached hydrogens (tertiary/aromatic N) is 3. The highest BCUT2D eigenvalue weighted by Gasteiger charge is 2.15. The number of rotatable bonds is 2. The van der Waals surface area contributed by atoms with Crippen molar-refractivity contribution in [2.45, 2.75) is 6.92 Å². The smallest absolute Gasteiger partial charge is 0.249 e. The van der Waals surface area contributed by atoms with Gasteiger partial charge in [0.2, 0.25) is 5.69 Å². The van der Waals surface area contributed by atoms with Crippen molar-refractivity contribution in [1.82, 2.24) is 9.90 Å². The summed E-state index contributed by atoms with van der Waals surface area (Å²) in [7, 11) is 0. The van der Waals surface area contributed by atoms with E-state index in [1.54, 1.807) is 0 Å². The molecule has 2 aromatic carbocycles. The molecule has 1 heterocycles. The van der Waals surface area contributed by atoms with Crippen LogP contribution in [-0.2, 0) is 0 Å². The van der Waals surface area contributed by atoms with Gasteiger partial charge >= 0.3 is 0 Å². The van der Waals surface area contributed by atoms with Gasteiger partial charge in [-0.05, 0) is 23.9 Å². The van der Waals surface area contributed by atoms with Crippen molar-refractivity contribution in [3.63, 3.8) is 0 Å². The maximum absolute atomic E-state index is 11.9. The lowest BCUT2D eigenvalue weighted by atomic mass is 10.1. The fraction of sp³-hybridized carbons (Fsp3) is 0.0667. The van der Waals surface area contributed by atoms with E-state index >= 15 is 0 Å². The van der Waals surface area contributed by atoms with Gasteiger partial charge in [-0.15, -0.1) is 0 Å². The van der Waals surface area contributed by atoms with Gasteiger partial charge in [0, 0.05) is 5.56 Å². The van der Waals surface area contributed by atoms with Crippen LogP contribution in [0.25, 0.3) is 16.9 Å². The molecule has 0 radical (unpaired) electrons. The standard InChI is InChI=1S/C15H13N3O/c1-12-7-9-13(10-8-12)15-11-17(19)18(16-15)14-5-3-2-4-6-14/h2-11H,1H3. The average molecular weight is 251 g/mol. The molecule has 0 saturated carbocycles. The molecule has 1 aromatic heterocycles. The van der Waals surface area contributed by atoms with E-state index < -0.39 is 0 Å². The molecule has 0 spiro atoms. The topological polar surface area (TPSA) is 44.8 Å². The highest BCUT2D eigenvalue weighted by atomic mass is 16.5. The Balaban J connectivity index is 2.04. The Morgan fingerprint density at radius 1 is 1.00 bits per heavy atom. The third-order valence-electron chi connectivity index (χ3n) is 2.96. The minimum atomic E-state index is 0.666. The van der Waals surface area contributed by atoms with E-state index in [9.17, 15) is 5.21 Å². The van der Waals surface area contributed by atoms with Crippen LogP contribution in [0.4, 0.5) is 0 Å². The van der Waals surface area contributed by atoms with Crippen LogP contribution in [0.1, 0.15) is 5.56 Å². The molecule has 0 unspecified atom stereocenters. The molecule has 4 nitrogen and oxygen atoms in total. The van der Waals surface area contributed by atoms with Gasteiger partial charge in [0.05, 0.1) is 5.10 Å². The first-order valence-electron chi connectivity index (χ1n) is 6.06. The molecule has 0 aliphatic rings. The summed E-state index contributed by atoms with van der Waals surface area (Å²) in [5.74, 6) is 0. The van der Waals surface area contributed by atoms with Gasteiger partial charge in [0.15, 0.2) is 6.20 Å². The second-order valence-corrected chi connectivity index (χ2v) is 4.41. The Bertz CT molecular complexity index is 687. The normalized spacial score (nSPS) is 10.6. The maximum Gasteiger partial charge on any atom is 0.249 e. The van der Waals surface area contributed by atoms with Gasteiger partial charge < -0.3 is 5.21 Å². The predicted octanol–water partition coefficient (Wildman–Crippen LogP) is 2.48. The van der Waals surface area contributed by atoms with Gasteiger partial charge in [-0.25, -0.2) is 0 Å². The monoisotopic (exact) mass is 251 g/mol. The molecule has 0 bridgehead atoms. The van der Waals surface area contributed by atoms with Crippen LogP contribution in [0.5, 0.6) is 0 Å². The first-order chi connectivity index (χ1) is 9.24. The van der Waals surface area contributed by atoms with Crippen LogP contribution in [0.15, 0.2) is 60.8 Å². The molecule has 0 amide bonds. The number of para-hydroxylation sites is 1. The third-order valence-corrected chi connectivity index (χ3v) is 2.96. The summed E-state index contributed by atoms with van der Waals surface area (Å²) in [5.41, 5.74) is 3.53. The maximum atomic E-state index is 11.9. The van der Waals surface area contributed by atoms with E-state index in [4.69, 9.17) is 0 Å². The third kappa shape index (κ3) is 2.20. The van der Waals surface area contributed by atoms with Gasteiger partial charge in [0.1, 0.15) is 5.69 Å². The minimum absolute atomic E-state index is 0.666. The first-order valence-corrected chi connectivity index (χ1v) is 6.06. The van der Waals surface area contributed by atoms with E-state index in [1.807, 2.05) is 61.5 Å². The van der Waals surface area contributed by atoms with E-state index in [2.05, 4.69) is 5.10 Å². The Labute approximate surface area is 111 Å². The van der Waals surface area contributed by atoms with Crippen molar-refractivity contribution >= 4 is 0 Å². The van der Waals surface area contributed by atoms with Gasteiger partial charge in [0.25, 0.3) is 0 Å². The van der Waals surface area contributed by atoms with Gasteiger partial charge in [-0.3, -0.25) is 0 Å². The van der Waals surface area contributed by atoms with Crippen LogP contribution in [0.3, 0.4) is 0 Å². The van der Waals surface area contributed by atoms with Crippen molar-refractivity contribution < 1.29 is 4.85 Å². The van der Waals surface area contributed by atoms with Crippen LogP contribution in [0.2, 0.25) is 0 Å². The molecule has 4 heteroatoms. The molecule has 0 aliphatic heterocycles. The summed E-state index contributed by atoms with van der Waals surface area (Å²) in [6.07, 6.45) is 1.48. The minimum Gasteiger partial charge on any atom is -0.692 e. The van der Waals surface area contributed by atoms with Crippen molar-refractivity contribution in [1.29, 1.82) is 0 Å². The first kappa shape index (κ1) is 11.5. The highest BCUT2D eigenvalue weighted by molar-refractivity contribution is 5.57. The lowest BCUT2D eigenvalue weighted by Crippen LogP contribution is -2.36. The number of hydrogen-bond acceptors (Lipinski definition) is 2. The average Bonchev–Trinajstić information content (AvgIpc) is 2.83. The zero-order valence-corrected chi connectivity index (χ0v) is 10.5. The lowest BCUT2D eigenvalue weighted by molar-refractivity contribution is -0.688. The summed E-state index contributed by atoms with van der Waals surface area (Å²) >= 11 is 0. The molecule has 0 fully saturated rings. The van der Waals surface area contributed by atoms with Crippen molar-refractivity contribution in [3.05, 3.63) is 71.6 Å². The SMILES string of the molecule is Cc1ccc(-c2c[n+]([O-])n(-c3ccccc3)n2)cc1. The molecule has 3 aromatic rings. The molecule has 19 heavy (non-hydrogen) atoms. The van der Waals surface area contributed by atoms with Crippen molar-refractivity contribution in [2.24, 2.45) is 0 Å².